The van der Waals surface area contributed by atoms with Crippen molar-refractivity contribution in [2.24, 2.45) is 0 Å². The summed E-state index contributed by atoms with van der Waals surface area (Å²) >= 11 is 0. The van der Waals surface area contributed by atoms with Gasteiger partial charge >= 0.3 is 0 Å². The molecule has 0 atom stereocenters. The zero-order chi connectivity index (χ0) is 17.9. The topological polar surface area (TPSA) is 79.6 Å². The number of carbonyl (C=O) groups excluding carboxylic acids is 2. The molecule has 132 valence electrons. The molecule has 0 radical (unpaired) electrons. The van der Waals surface area contributed by atoms with Crippen molar-refractivity contribution < 1.29 is 9.59 Å². The Balaban J connectivity index is 1.48. The minimum absolute atomic E-state index is 0.196. The van der Waals surface area contributed by atoms with Crippen LogP contribution in [0.15, 0.2) is 48.9 Å². The number of benzene rings is 1. The molecule has 7 nitrogen and oxygen atoms in total. The van der Waals surface area contributed by atoms with Gasteiger partial charge in [-0.05, 0) is 23.6 Å². The zero-order valence-electron chi connectivity index (χ0n) is 14.3. The van der Waals surface area contributed by atoms with Gasteiger partial charge in [0.15, 0.2) is 5.65 Å². The normalized spacial score (nSPS) is 14.2. The Kier molecular flexibility index (Phi) is 4.35. The molecule has 1 fully saturated rings. The summed E-state index contributed by atoms with van der Waals surface area (Å²) in [5.74, 6) is -0.0213. The fourth-order valence-electron chi connectivity index (χ4n) is 3.22. The first kappa shape index (κ1) is 16.3. The maximum Gasteiger partial charge on any atom is 0.257 e. The van der Waals surface area contributed by atoms with Gasteiger partial charge in [0.2, 0.25) is 5.91 Å². The second-order valence-electron chi connectivity index (χ2n) is 6.32. The van der Waals surface area contributed by atoms with Crippen LogP contribution in [0.3, 0.4) is 0 Å². The Morgan fingerprint density at radius 2 is 2.04 bits per heavy atom. The number of aromatic nitrogens is 3. The zero-order valence-corrected chi connectivity index (χ0v) is 14.3. The predicted molar refractivity (Wildman–Crippen MR) is 95.3 cm³/mol. The van der Waals surface area contributed by atoms with Gasteiger partial charge in [-0.25, -0.2) is 9.50 Å². The molecule has 3 heterocycles. The van der Waals surface area contributed by atoms with Crippen LogP contribution in [0.1, 0.15) is 34.3 Å². The number of likely N-dealkylation sites (tertiary alicyclic amines) is 1. The largest absolute Gasteiger partial charge is 0.348 e. The van der Waals surface area contributed by atoms with Crippen LogP contribution in [-0.2, 0) is 17.9 Å². The monoisotopic (exact) mass is 349 g/mol. The van der Waals surface area contributed by atoms with E-state index in [1.54, 1.807) is 23.0 Å². The highest BCUT2D eigenvalue weighted by Crippen LogP contribution is 2.17. The molecule has 3 aromatic rings. The summed E-state index contributed by atoms with van der Waals surface area (Å²) in [6, 6.07) is 9.64. The van der Waals surface area contributed by atoms with Crippen LogP contribution in [0.2, 0.25) is 0 Å². The fraction of sp³-hybridized carbons (Fsp3) is 0.263. The number of hydrogen-bond acceptors (Lipinski definition) is 4. The Morgan fingerprint density at radius 1 is 1.19 bits per heavy atom. The Bertz CT molecular complexity index is 965. The molecule has 0 bridgehead atoms. The molecule has 1 N–H and O–H groups in total. The van der Waals surface area contributed by atoms with E-state index in [1.165, 1.54) is 6.20 Å². The van der Waals surface area contributed by atoms with Crippen LogP contribution in [0.25, 0.3) is 5.65 Å². The van der Waals surface area contributed by atoms with Crippen molar-refractivity contribution in [3.8, 4) is 0 Å². The Morgan fingerprint density at radius 3 is 2.85 bits per heavy atom. The standard InChI is InChI=1S/C19H19N5O2/c25-17-7-3-9-23(17)13-15-6-2-1-5-14(15)11-21-19(26)16-12-22-24-10-4-8-20-18(16)24/h1-2,4-6,8,10,12H,3,7,9,11,13H2,(H,21,26). The molecule has 4 rings (SSSR count). The first-order valence-corrected chi connectivity index (χ1v) is 8.63. The van der Waals surface area contributed by atoms with Crippen LogP contribution < -0.4 is 5.32 Å². The molecule has 0 unspecified atom stereocenters. The molecule has 0 spiro atoms. The molecule has 0 aliphatic carbocycles. The van der Waals surface area contributed by atoms with Crippen molar-refractivity contribution >= 4 is 17.5 Å². The third-order valence-corrected chi connectivity index (χ3v) is 4.61. The molecule has 2 amide bonds. The van der Waals surface area contributed by atoms with E-state index in [2.05, 4.69) is 15.4 Å². The van der Waals surface area contributed by atoms with Gasteiger partial charge in [-0.3, -0.25) is 9.59 Å². The van der Waals surface area contributed by atoms with Gasteiger partial charge in [-0.1, -0.05) is 24.3 Å². The lowest BCUT2D eigenvalue weighted by molar-refractivity contribution is -0.128. The minimum Gasteiger partial charge on any atom is -0.348 e. The van der Waals surface area contributed by atoms with Crippen LogP contribution in [0.5, 0.6) is 0 Å². The average Bonchev–Trinajstić information content (AvgIpc) is 3.27. The number of rotatable bonds is 5. The molecular weight excluding hydrogens is 330 g/mol. The molecule has 1 aliphatic rings. The first-order valence-electron chi connectivity index (χ1n) is 8.63. The van der Waals surface area contributed by atoms with Crippen molar-refractivity contribution in [1.82, 2.24) is 24.8 Å². The summed E-state index contributed by atoms with van der Waals surface area (Å²) < 4.78 is 1.57. The summed E-state index contributed by atoms with van der Waals surface area (Å²) in [6.07, 6.45) is 6.45. The number of carbonyl (C=O) groups is 2. The minimum atomic E-state index is -0.217. The van der Waals surface area contributed by atoms with E-state index in [9.17, 15) is 9.59 Å². The van der Waals surface area contributed by atoms with Crippen LogP contribution in [0.4, 0.5) is 0 Å². The van der Waals surface area contributed by atoms with Gasteiger partial charge in [0, 0.05) is 38.4 Å². The molecule has 0 saturated carbocycles. The lowest BCUT2D eigenvalue weighted by atomic mass is 10.1. The van der Waals surface area contributed by atoms with E-state index in [0.717, 1.165) is 24.1 Å². The van der Waals surface area contributed by atoms with E-state index in [1.807, 2.05) is 29.2 Å². The smallest absolute Gasteiger partial charge is 0.257 e. The molecule has 1 aliphatic heterocycles. The second kappa shape index (κ2) is 6.95. The molecule has 1 aromatic carbocycles. The molecule has 26 heavy (non-hydrogen) atoms. The number of nitrogens with zero attached hydrogens (tertiary/aromatic N) is 4. The van der Waals surface area contributed by atoms with Crippen molar-refractivity contribution in [2.45, 2.75) is 25.9 Å². The lowest BCUT2D eigenvalue weighted by Gasteiger charge is -2.18. The van der Waals surface area contributed by atoms with Crippen LogP contribution in [-0.4, -0.2) is 37.9 Å². The number of nitrogens with one attached hydrogen (secondary N) is 1. The summed E-state index contributed by atoms with van der Waals surface area (Å²) in [5, 5.41) is 7.07. The molecule has 1 saturated heterocycles. The van der Waals surface area contributed by atoms with E-state index in [0.29, 0.717) is 30.7 Å². The maximum atomic E-state index is 12.5. The van der Waals surface area contributed by atoms with Crippen LogP contribution >= 0.6 is 0 Å². The van der Waals surface area contributed by atoms with Crippen molar-refractivity contribution in [3.05, 3.63) is 65.6 Å². The average molecular weight is 349 g/mol. The number of hydrogen-bond donors (Lipinski definition) is 1. The van der Waals surface area contributed by atoms with Gasteiger partial charge in [-0.2, -0.15) is 5.10 Å². The summed E-state index contributed by atoms with van der Waals surface area (Å²) in [5.41, 5.74) is 3.03. The van der Waals surface area contributed by atoms with Crippen molar-refractivity contribution in [2.75, 3.05) is 6.54 Å². The van der Waals surface area contributed by atoms with Gasteiger partial charge < -0.3 is 10.2 Å². The van der Waals surface area contributed by atoms with Crippen LogP contribution in [0, 0.1) is 0 Å². The highest BCUT2D eigenvalue weighted by atomic mass is 16.2. The van der Waals surface area contributed by atoms with E-state index in [-0.39, 0.29) is 11.8 Å². The van der Waals surface area contributed by atoms with E-state index >= 15 is 0 Å². The van der Waals surface area contributed by atoms with Crippen molar-refractivity contribution in [3.63, 3.8) is 0 Å². The van der Waals surface area contributed by atoms with E-state index in [4.69, 9.17) is 0 Å². The molecular formula is C19H19N5O2. The summed E-state index contributed by atoms with van der Waals surface area (Å²) in [4.78, 5) is 30.5. The van der Waals surface area contributed by atoms with Gasteiger partial charge in [0.25, 0.3) is 5.91 Å². The second-order valence-corrected chi connectivity index (χ2v) is 6.32. The fourth-order valence-corrected chi connectivity index (χ4v) is 3.22. The van der Waals surface area contributed by atoms with Gasteiger partial charge in [0.05, 0.1) is 6.20 Å². The molecule has 7 heteroatoms. The number of amides is 2. The van der Waals surface area contributed by atoms with E-state index < -0.39 is 0 Å². The maximum absolute atomic E-state index is 12.5. The quantitative estimate of drug-likeness (QED) is 0.761. The predicted octanol–water partition coefficient (Wildman–Crippen LogP) is 1.78. The highest BCUT2D eigenvalue weighted by Gasteiger charge is 2.21. The third kappa shape index (κ3) is 3.15. The third-order valence-electron chi connectivity index (χ3n) is 4.61. The lowest BCUT2D eigenvalue weighted by Crippen LogP contribution is -2.26. The summed E-state index contributed by atoms with van der Waals surface area (Å²) in [7, 11) is 0. The number of fused-ring (bicyclic) bond motifs is 1. The highest BCUT2D eigenvalue weighted by molar-refractivity contribution is 5.99. The summed E-state index contributed by atoms with van der Waals surface area (Å²) in [6.45, 7) is 1.78. The SMILES string of the molecule is O=C(NCc1ccccc1CN1CCCC1=O)c1cnn2cccnc12. The van der Waals surface area contributed by atoms with Gasteiger partial charge in [0.1, 0.15) is 5.56 Å². The first-order chi connectivity index (χ1) is 12.7. The van der Waals surface area contributed by atoms with Gasteiger partial charge in [-0.15, -0.1) is 0 Å². The Hall–Kier alpha value is -3.22. The van der Waals surface area contributed by atoms with Crippen molar-refractivity contribution in [1.29, 1.82) is 0 Å². The molecule has 2 aromatic heterocycles. The Labute approximate surface area is 150 Å².